The zero-order valence-electron chi connectivity index (χ0n) is 13.9. The number of aliphatic hydroxyl groups is 1. The van der Waals surface area contributed by atoms with Crippen LogP contribution in [0.5, 0.6) is 0 Å². The molecule has 0 bridgehead atoms. The van der Waals surface area contributed by atoms with Gasteiger partial charge in [-0.15, -0.1) is 0 Å². The Kier molecular flexibility index (Phi) is 6.38. The molecule has 5 heteroatoms. The zero-order chi connectivity index (χ0) is 16.8. The average molecular weight is 308 g/mol. The van der Waals surface area contributed by atoms with Crippen molar-refractivity contribution < 1.29 is 14.6 Å². The number of carbonyl (C=O) groups excluding carboxylic acids is 1. The number of amides is 1. The van der Waals surface area contributed by atoms with E-state index in [1.54, 1.807) is 0 Å². The minimum Gasteiger partial charge on any atom is -0.444 e. The standard InChI is InChI=1S/C17H28N2O3/c1-16(2,12-20)19-11-14(13-8-6-5-7-9-13)10-17(3,4)22-15(18)21/h5-9,14,19-20H,10-12H2,1-4H3,(H2,18,21)/t14-/m0/s1. The Morgan fingerprint density at radius 2 is 1.86 bits per heavy atom. The fraction of sp³-hybridized carbons (Fsp3) is 0.588. The summed E-state index contributed by atoms with van der Waals surface area (Å²) in [5, 5.41) is 12.7. The molecule has 22 heavy (non-hydrogen) atoms. The summed E-state index contributed by atoms with van der Waals surface area (Å²) in [6.07, 6.45) is -0.130. The van der Waals surface area contributed by atoms with Gasteiger partial charge in [0.05, 0.1) is 6.61 Å². The van der Waals surface area contributed by atoms with Crippen molar-refractivity contribution in [1.82, 2.24) is 5.32 Å². The van der Waals surface area contributed by atoms with E-state index in [0.717, 1.165) is 5.56 Å². The Bertz CT molecular complexity index is 472. The van der Waals surface area contributed by atoms with Gasteiger partial charge in [-0.25, -0.2) is 4.79 Å². The van der Waals surface area contributed by atoms with Crippen molar-refractivity contribution in [2.24, 2.45) is 5.73 Å². The van der Waals surface area contributed by atoms with Crippen LogP contribution in [0.1, 0.15) is 45.6 Å². The summed E-state index contributed by atoms with van der Waals surface area (Å²) in [7, 11) is 0. The van der Waals surface area contributed by atoms with Crippen LogP contribution >= 0.6 is 0 Å². The highest BCUT2D eigenvalue weighted by atomic mass is 16.6. The van der Waals surface area contributed by atoms with Crippen molar-refractivity contribution in [3.05, 3.63) is 35.9 Å². The molecule has 0 aliphatic heterocycles. The number of rotatable bonds is 8. The molecule has 0 saturated carbocycles. The molecule has 0 fully saturated rings. The third-order valence-corrected chi connectivity index (χ3v) is 3.61. The van der Waals surface area contributed by atoms with E-state index in [0.29, 0.717) is 13.0 Å². The first-order chi connectivity index (χ1) is 10.2. The third kappa shape index (κ3) is 6.45. The van der Waals surface area contributed by atoms with Gasteiger partial charge < -0.3 is 20.9 Å². The molecule has 0 aliphatic rings. The maximum absolute atomic E-state index is 11.0. The van der Waals surface area contributed by atoms with Gasteiger partial charge in [-0.2, -0.15) is 0 Å². The predicted octanol–water partition coefficient (Wildman–Crippen LogP) is 2.39. The molecule has 1 amide bonds. The summed E-state index contributed by atoms with van der Waals surface area (Å²) in [4.78, 5) is 11.0. The summed E-state index contributed by atoms with van der Waals surface area (Å²) >= 11 is 0. The summed E-state index contributed by atoms with van der Waals surface area (Å²) in [6.45, 7) is 8.31. The predicted molar refractivity (Wildman–Crippen MR) is 87.7 cm³/mol. The SMILES string of the molecule is CC(C)(CO)NC[C@H](CC(C)(C)OC(N)=O)c1ccccc1. The normalized spacial score (nSPS) is 13.7. The number of nitrogens with two attached hydrogens (primary N) is 1. The lowest BCUT2D eigenvalue weighted by Crippen LogP contribution is -2.45. The van der Waals surface area contributed by atoms with Crippen molar-refractivity contribution in [3.8, 4) is 0 Å². The minimum atomic E-state index is -0.763. The van der Waals surface area contributed by atoms with Gasteiger partial charge in [0, 0.05) is 18.0 Å². The van der Waals surface area contributed by atoms with Crippen LogP contribution in [0.2, 0.25) is 0 Å². The van der Waals surface area contributed by atoms with Gasteiger partial charge in [-0.1, -0.05) is 30.3 Å². The average Bonchev–Trinajstić information content (AvgIpc) is 2.43. The van der Waals surface area contributed by atoms with E-state index in [4.69, 9.17) is 10.5 Å². The molecule has 0 radical (unpaired) electrons. The van der Waals surface area contributed by atoms with Crippen LogP contribution in [0.15, 0.2) is 30.3 Å². The maximum Gasteiger partial charge on any atom is 0.405 e. The van der Waals surface area contributed by atoms with E-state index in [1.165, 1.54) is 0 Å². The molecule has 0 unspecified atom stereocenters. The second-order valence-corrected chi connectivity index (χ2v) is 6.92. The number of ether oxygens (including phenoxy) is 1. The lowest BCUT2D eigenvalue weighted by molar-refractivity contribution is 0.0328. The van der Waals surface area contributed by atoms with E-state index in [1.807, 2.05) is 45.9 Å². The lowest BCUT2D eigenvalue weighted by Gasteiger charge is -2.32. The molecule has 124 valence electrons. The van der Waals surface area contributed by atoms with Gasteiger partial charge in [-0.3, -0.25) is 0 Å². The molecule has 4 N–H and O–H groups in total. The third-order valence-electron chi connectivity index (χ3n) is 3.61. The van der Waals surface area contributed by atoms with E-state index in [9.17, 15) is 9.90 Å². The highest BCUT2D eigenvalue weighted by molar-refractivity contribution is 5.65. The van der Waals surface area contributed by atoms with Crippen molar-refractivity contribution in [2.75, 3.05) is 13.2 Å². The van der Waals surface area contributed by atoms with Gasteiger partial charge in [0.15, 0.2) is 0 Å². The molecule has 1 aromatic carbocycles. The minimum absolute atomic E-state index is 0.0513. The van der Waals surface area contributed by atoms with Crippen LogP contribution in [0, 0.1) is 0 Å². The quantitative estimate of drug-likeness (QED) is 0.688. The summed E-state index contributed by atoms with van der Waals surface area (Å²) in [5.41, 5.74) is 5.29. The molecular weight excluding hydrogens is 280 g/mol. The Labute approximate surface area is 132 Å². The molecule has 1 rings (SSSR count). The molecule has 0 heterocycles. The maximum atomic E-state index is 11.0. The van der Waals surface area contributed by atoms with Gasteiger partial charge in [-0.05, 0) is 39.7 Å². The van der Waals surface area contributed by atoms with Crippen LogP contribution in [0.4, 0.5) is 4.79 Å². The summed E-state index contributed by atoms with van der Waals surface area (Å²) < 4.78 is 5.21. The first kappa shape index (κ1) is 18.5. The van der Waals surface area contributed by atoms with Crippen LogP contribution in [0.25, 0.3) is 0 Å². The van der Waals surface area contributed by atoms with Crippen LogP contribution < -0.4 is 11.1 Å². The first-order valence-corrected chi connectivity index (χ1v) is 7.54. The fourth-order valence-electron chi connectivity index (χ4n) is 2.40. The largest absolute Gasteiger partial charge is 0.444 e. The number of nitrogens with one attached hydrogen (secondary N) is 1. The molecule has 0 aromatic heterocycles. The van der Waals surface area contributed by atoms with Gasteiger partial charge >= 0.3 is 6.09 Å². The molecule has 1 atom stereocenters. The number of hydrogen-bond donors (Lipinski definition) is 3. The van der Waals surface area contributed by atoms with E-state index in [-0.39, 0.29) is 18.1 Å². The second-order valence-electron chi connectivity index (χ2n) is 6.92. The Hall–Kier alpha value is -1.59. The zero-order valence-corrected chi connectivity index (χ0v) is 13.9. The van der Waals surface area contributed by atoms with E-state index >= 15 is 0 Å². The lowest BCUT2D eigenvalue weighted by atomic mass is 9.87. The fourth-order valence-corrected chi connectivity index (χ4v) is 2.40. The van der Waals surface area contributed by atoms with Crippen molar-refractivity contribution >= 4 is 6.09 Å². The van der Waals surface area contributed by atoms with Gasteiger partial charge in [0.25, 0.3) is 0 Å². The first-order valence-electron chi connectivity index (χ1n) is 7.54. The monoisotopic (exact) mass is 308 g/mol. The molecular formula is C17H28N2O3. The molecule has 0 spiro atoms. The van der Waals surface area contributed by atoms with Crippen molar-refractivity contribution in [1.29, 1.82) is 0 Å². The Balaban J connectivity index is 2.86. The van der Waals surface area contributed by atoms with Crippen LogP contribution in [-0.2, 0) is 4.74 Å². The number of benzene rings is 1. The van der Waals surface area contributed by atoms with Crippen LogP contribution in [-0.4, -0.2) is 35.5 Å². The smallest absolute Gasteiger partial charge is 0.405 e. The molecule has 0 saturated heterocycles. The Morgan fingerprint density at radius 3 is 2.36 bits per heavy atom. The Morgan fingerprint density at radius 1 is 1.27 bits per heavy atom. The second kappa shape index (κ2) is 7.61. The van der Waals surface area contributed by atoms with Gasteiger partial charge in [0.2, 0.25) is 0 Å². The number of carbonyl (C=O) groups is 1. The summed E-state index contributed by atoms with van der Waals surface area (Å²) in [6, 6.07) is 10.1. The van der Waals surface area contributed by atoms with Crippen molar-refractivity contribution in [2.45, 2.75) is 51.2 Å². The van der Waals surface area contributed by atoms with E-state index < -0.39 is 11.7 Å². The van der Waals surface area contributed by atoms with E-state index in [2.05, 4.69) is 17.4 Å². The topological polar surface area (TPSA) is 84.6 Å². The highest BCUT2D eigenvalue weighted by Crippen LogP contribution is 2.28. The molecule has 5 nitrogen and oxygen atoms in total. The molecule has 1 aromatic rings. The van der Waals surface area contributed by atoms with Gasteiger partial charge in [0.1, 0.15) is 5.60 Å². The van der Waals surface area contributed by atoms with Crippen molar-refractivity contribution in [3.63, 3.8) is 0 Å². The van der Waals surface area contributed by atoms with Crippen LogP contribution in [0.3, 0.4) is 0 Å². The summed E-state index contributed by atoms with van der Waals surface area (Å²) in [5.74, 6) is 0.140. The number of primary amides is 1. The number of aliphatic hydroxyl groups excluding tert-OH is 1. The highest BCUT2D eigenvalue weighted by Gasteiger charge is 2.28. The molecule has 0 aliphatic carbocycles. The number of hydrogen-bond acceptors (Lipinski definition) is 4.